The van der Waals surface area contributed by atoms with E-state index in [1.165, 1.54) is 25.7 Å². The van der Waals surface area contributed by atoms with Gasteiger partial charge in [-0.15, -0.1) is 0 Å². The van der Waals surface area contributed by atoms with Gasteiger partial charge in [-0.25, -0.2) is 0 Å². The molecule has 15 heavy (non-hydrogen) atoms. The Labute approximate surface area is 94.2 Å². The Balaban J connectivity index is 4.06. The zero-order valence-corrected chi connectivity index (χ0v) is 10.4. The largest absolute Gasteiger partial charge is 0.313 e. The second-order valence-corrected chi connectivity index (χ2v) is 4.51. The van der Waals surface area contributed by atoms with Crippen molar-refractivity contribution in [3.63, 3.8) is 0 Å². The summed E-state index contributed by atoms with van der Waals surface area (Å²) in [7, 11) is 0. The van der Waals surface area contributed by atoms with E-state index in [-0.39, 0.29) is 0 Å². The SMILES string of the molecule is CCCCN(CCCC)CC(C)(N)C#N. The maximum Gasteiger partial charge on any atom is 0.114 e. The average molecular weight is 211 g/mol. The van der Waals surface area contributed by atoms with Gasteiger partial charge in [0.2, 0.25) is 0 Å². The van der Waals surface area contributed by atoms with E-state index in [0.29, 0.717) is 6.54 Å². The summed E-state index contributed by atoms with van der Waals surface area (Å²) in [5, 5.41) is 8.89. The van der Waals surface area contributed by atoms with Crippen LogP contribution in [-0.4, -0.2) is 30.1 Å². The first-order valence-corrected chi connectivity index (χ1v) is 5.98. The minimum atomic E-state index is -0.707. The molecule has 0 amide bonds. The molecular formula is C12H25N3. The number of nitriles is 1. The molecule has 0 aromatic heterocycles. The summed E-state index contributed by atoms with van der Waals surface area (Å²) in [5.41, 5.74) is 5.15. The molecule has 0 fully saturated rings. The maximum absolute atomic E-state index is 8.89. The second kappa shape index (κ2) is 7.67. The third-order valence-corrected chi connectivity index (χ3v) is 2.46. The standard InChI is InChI=1S/C12H25N3/c1-4-6-8-15(9-7-5-2)11-12(3,14)10-13/h4-9,11,14H2,1-3H3. The Morgan fingerprint density at radius 2 is 1.67 bits per heavy atom. The Bertz CT molecular complexity index is 186. The van der Waals surface area contributed by atoms with Crippen molar-refractivity contribution in [2.45, 2.75) is 52.0 Å². The van der Waals surface area contributed by atoms with Gasteiger partial charge in [0.05, 0.1) is 6.07 Å². The zero-order valence-electron chi connectivity index (χ0n) is 10.4. The van der Waals surface area contributed by atoms with Crippen LogP contribution >= 0.6 is 0 Å². The average Bonchev–Trinajstić information content (AvgIpc) is 2.22. The lowest BCUT2D eigenvalue weighted by atomic mass is 10.1. The van der Waals surface area contributed by atoms with Gasteiger partial charge in [0.15, 0.2) is 0 Å². The van der Waals surface area contributed by atoms with Crippen LogP contribution < -0.4 is 5.73 Å². The zero-order chi connectivity index (χ0) is 11.7. The predicted molar refractivity (Wildman–Crippen MR) is 64.5 cm³/mol. The number of unbranched alkanes of at least 4 members (excludes halogenated alkanes) is 2. The van der Waals surface area contributed by atoms with Crippen molar-refractivity contribution in [1.82, 2.24) is 4.90 Å². The fourth-order valence-corrected chi connectivity index (χ4v) is 1.53. The van der Waals surface area contributed by atoms with Crippen molar-refractivity contribution in [2.24, 2.45) is 5.73 Å². The van der Waals surface area contributed by atoms with E-state index in [1.807, 2.05) is 0 Å². The minimum Gasteiger partial charge on any atom is -0.313 e. The van der Waals surface area contributed by atoms with Crippen LogP contribution in [0.3, 0.4) is 0 Å². The van der Waals surface area contributed by atoms with Crippen LogP contribution in [0.2, 0.25) is 0 Å². The van der Waals surface area contributed by atoms with Crippen molar-refractivity contribution in [1.29, 1.82) is 5.26 Å². The molecule has 2 N–H and O–H groups in total. The predicted octanol–water partition coefficient (Wildman–Crippen LogP) is 2.13. The van der Waals surface area contributed by atoms with Gasteiger partial charge in [0, 0.05) is 6.54 Å². The Hall–Kier alpha value is -0.590. The van der Waals surface area contributed by atoms with E-state index in [9.17, 15) is 0 Å². The van der Waals surface area contributed by atoms with Crippen LogP contribution in [0, 0.1) is 11.3 Å². The smallest absolute Gasteiger partial charge is 0.114 e. The first kappa shape index (κ1) is 14.4. The highest BCUT2D eigenvalue weighted by molar-refractivity contribution is 5.02. The molecule has 0 bridgehead atoms. The van der Waals surface area contributed by atoms with E-state index in [4.69, 9.17) is 11.0 Å². The third kappa shape index (κ3) is 7.35. The van der Waals surface area contributed by atoms with Crippen LogP contribution in [0.15, 0.2) is 0 Å². The highest BCUT2D eigenvalue weighted by Gasteiger charge is 2.20. The first-order valence-electron chi connectivity index (χ1n) is 5.98. The molecular weight excluding hydrogens is 186 g/mol. The molecule has 0 radical (unpaired) electrons. The Morgan fingerprint density at radius 3 is 2.00 bits per heavy atom. The van der Waals surface area contributed by atoms with Gasteiger partial charge in [-0.2, -0.15) is 5.26 Å². The summed E-state index contributed by atoms with van der Waals surface area (Å²) < 4.78 is 0. The quantitative estimate of drug-likeness (QED) is 0.669. The van der Waals surface area contributed by atoms with Gasteiger partial charge in [-0.3, -0.25) is 0 Å². The second-order valence-electron chi connectivity index (χ2n) is 4.51. The normalized spacial score (nSPS) is 14.9. The van der Waals surface area contributed by atoms with E-state index in [2.05, 4.69) is 24.8 Å². The number of nitrogens with zero attached hydrogens (tertiary/aromatic N) is 2. The van der Waals surface area contributed by atoms with Crippen molar-refractivity contribution in [3.05, 3.63) is 0 Å². The van der Waals surface area contributed by atoms with Gasteiger partial charge in [-0.05, 0) is 32.9 Å². The third-order valence-electron chi connectivity index (χ3n) is 2.46. The summed E-state index contributed by atoms with van der Waals surface area (Å²) in [6, 6.07) is 2.16. The highest BCUT2D eigenvalue weighted by Crippen LogP contribution is 2.05. The van der Waals surface area contributed by atoms with Crippen molar-refractivity contribution >= 4 is 0 Å². The van der Waals surface area contributed by atoms with E-state index in [0.717, 1.165) is 13.1 Å². The summed E-state index contributed by atoms with van der Waals surface area (Å²) in [6.07, 6.45) is 4.75. The topological polar surface area (TPSA) is 53.0 Å². The number of nitrogens with two attached hydrogens (primary N) is 1. The molecule has 0 rings (SSSR count). The molecule has 0 aromatic rings. The Morgan fingerprint density at radius 1 is 1.20 bits per heavy atom. The molecule has 0 spiro atoms. The number of rotatable bonds is 8. The van der Waals surface area contributed by atoms with Crippen molar-refractivity contribution < 1.29 is 0 Å². The minimum absolute atomic E-state index is 0.684. The lowest BCUT2D eigenvalue weighted by Crippen LogP contribution is -2.47. The van der Waals surface area contributed by atoms with Crippen molar-refractivity contribution in [2.75, 3.05) is 19.6 Å². The van der Waals surface area contributed by atoms with Gasteiger partial charge < -0.3 is 10.6 Å². The van der Waals surface area contributed by atoms with E-state index in [1.54, 1.807) is 6.92 Å². The van der Waals surface area contributed by atoms with Gasteiger partial charge in [0.1, 0.15) is 5.54 Å². The molecule has 0 aliphatic heterocycles. The lowest BCUT2D eigenvalue weighted by molar-refractivity contribution is 0.233. The first-order chi connectivity index (χ1) is 7.05. The summed E-state index contributed by atoms with van der Waals surface area (Å²) >= 11 is 0. The molecule has 0 aromatic carbocycles. The van der Waals surface area contributed by atoms with Crippen LogP contribution in [0.1, 0.15) is 46.5 Å². The molecule has 0 aliphatic rings. The van der Waals surface area contributed by atoms with Gasteiger partial charge in [-0.1, -0.05) is 26.7 Å². The molecule has 3 nitrogen and oxygen atoms in total. The number of hydrogen-bond donors (Lipinski definition) is 1. The fraction of sp³-hybridized carbons (Fsp3) is 0.917. The lowest BCUT2D eigenvalue weighted by Gasteiger charge is -2.27. The number of hydrogen-bond acceptors (Lipinski definition) is 3. The molecule has 0 saturated heterocycles. The molecule has 88 valence electrons. The van der Waals surface area contributed by atoms with Crippen LogP contribution in [-0.2, 0) is 0 Å². The van der Waals surface area contributed by atoms with Gasteiger partial charge in [0.25, 0.3) is 0 Å². The molecule has 1 unspecified atom stereocenters. The maximum atomic E-state index is 8.89. The molecule has 0 aliphatic carbocycles. The molecule has 1 atom stereocenters. The van der Waals surface area contributed by atoms with Crippen LogP contribution in [0.4, 0.5) is 0 Å². The van der Waals surface area contributed by atoms with Crippen LogP contribution in [0.25, 0.3) is 0 Å². The molecule has 3 heteroatoms. The summed E-state index contributed by atoms with van der Waals surface area (Å²) in [4.78, 5) is 2.32. The van der Waals surface area contributed by atoms with Crippen LogP contribution in [0.5, 0.6) is 0 Å². The monoisotopic (exact) mass is 211 g/mol. The molecule has 0 heterocycles. The molecule has 0 saturated carbocycles. The summed E-state index contributed by atoms with van der Waals surface area (Å²) in [6.45, 7) is 8.98. The van der Waals surface area contributed by atoms with Crippen molar-refractivity contribution in [3.8, 4) is 6.07 Å². The van der Waals surface area contributed by atoms with E-state index >= 15 is 0 Å². The highest BCUT2D eigenvalue weighted by atomic mass is 15.1. The van der Waals surface area contributed by atoms with E-state index < -0.39 is 5.54 Å². The summed E-state index contributed by atoms with van der Waals surface area (Å²) in [5.74, 6) is 0. The Kier molecular flexibility index (Phi) is 7.37. The van der Waals surface area contributed by atoms with Gasteiger partial charge >= 0.3 is 0 Å². The fourth-order valence-electron chi connectivity index (χ4n) is 1.53.